The van der Waals surface area contributed by atoms with E-state index in [0.29, 0.717) is 18.3 Å². The van der Waals surface area contributed by atoms with Gasteiger partial charge in [-0.2, -0.15) is 0 Å². The lowest BCUT2D eigenvalue weighted by molar-refractivity contribution is 0.179. The van der Waals surface area contributed by atoms with Crippen LogP contribution in [0.5, 0.6) is 0 Å². The third-order valence-corrected chi connectivity index (χ3v) is 5.63. The van der Waals surface area contributed by atoms with Crippen LogP contribution in [0.25, 0.3) is 11.0 Å². The molecule has 24 heavy (non-hydrogen) atoms. The lowest BCUT2D eigenvalue weighted by Gasteiger charge is -2.12. The minimum atomic E-state index is -0.460. The van der Waals surface area contributed by atoms with Gasteiger partial charge >= 0.3 is 0 Å². The average molecular weight is 343 g/mol. The first kappa shape index (κ1) is 15.7. The zero-order valence-electron chi connectivity index (χ0n) is 13.9. The van der Waals surface area contributed by atoms with Crippen LogP contribution in [-0.2, 0) is 6.54 Å². The molecule has 126 valence electrons. The molecule has 4 rings (SSSR count). The molecule has 2 aromatic heterocycles. The Hall–Kier alpha value is -1.86. The van der Waals surface area contributed by atoms with Gasteiger partial charge in [0.05, 0.1) is 30.0 Å². The number of hydrogen-bond acceptors (Lipinski definition) is 5. The summed E-state index contributed by atoms with van der Waals surface area (Å²) in [5.41, 5.74) is 4.53. The second kappa shape index (κ2) is 6.22. The quantitative estimate of drug-likeness (QED) is 0.697. The van der Waals surface area contributed by atoms with Gasteiger partial charge in [-0.15, -0.1) is 10.2 Å². The normalized spacial score (nSPS) is 16.0. The van der Waals surface area contributed by atoms with Crippen molar-refractivity contribution >= 4 is 22.8 Å². The van der Waals surface area contributed by atoms with Crippen LogP contribution in [0.3, 0.4) is 0 Å². The zero-order valence-corrected chi connectivity index (χ0v) is 14.7. The molecule has 1 aliphatic carbocycles. The summed E-state index contributed by atoms with van der Waals surface area (Å²) in [6.45, 7) is 4.72. The molecule has 2 heterocycles. The third kappa shape index (κ3) is 3.06. The maximum Gasteiger partial charge on any atom is 0.191 e. The summed E-state index contributed by atoms with van der Waals surface area (Å²) >= 11 is 1.57. The van der Waals surface area contributed by atoms with Crippen molar-refractivity contribution in [3.05, 3.63) is 35.9 Å². The van der Waals surface area contributed by atoms with Crippen molar-refractivity contribution in [1.29, 1.82) is 0 Å². The molecule has 0 saturated heterocycles. The van der Waals surface area contributed by atoms with E-state index < -0.39 is 6.10 Å². The Labute approximate surface area is 144 Å². The number of imidazole rings is 1. The Bertz CT molecular complexity index is 867. The fraction of sp³-hybridized carbons (Fsp3) is 0.471. The molecular weight excluding hydrogens is 322 g/mol. The van der Waals surface area contributed by atoms with Gasteiger partial charge in [0.2, 0.25) is 0 Å². The number of thioether (sulfide) groups is 1. The van der Waals surface area contributed by atoms with Crippen LogP contribution in [0.2, 0.25) is 0 Å². The maximum atomic E-state index is 10.4. The zero-order chi connectivity index (χ0) is 16.7. The monoisotopic (exact) mass is 343 g/mol. The van der Waals surface area contributed by atoms with E-state index in [1.807, 2.05) is 10.9 Å². The van der Waals surface area contributed by atoms with Crippen LogP contribution in [0, 0.1) is 13.8 Å². The van der Waals surface area contributed by atoms with E-state index in [9.17, 15) is 5.11 Å². The first-order valence-electron chi connectivity index (χ1n) is 8.24. The van der Waals surface area contributed by atoms with Crippen molar-refractivity contribution in [2.45, 2.75) is 50.5 Å². The largest absolute Gasteiger partial charge is 0.390 e. The average Bonchev–Trinajstić information content (AvgIpc) is 3.19. The van der Waals surface area contributed by atoms with Gasteiger partial charge in [-0.05, 0) is 49.9 Å². The van der Waals surface area contributed by atoms with E-state index in [0.717, 1.165) is 16.2 Å². The summed E-state index contributed by atoms with van der Waals surface area (Å²) in [6.07, 6.45) is 5.55. The Morgan fingerprint density at radius 3 is 2.83 bits per heavy atom. The van der Waals surface area contributed by atoms with Crippen LogP contribution in [-0.4, -0.2) is 41.3 Å². The van der Waals surface area contributed by atoms with E-state index in [1.54, 1.807) is 18.1 Å². The third-order valence-electron chi connectivity index (χ3n) is 4.53. The van der Waals surface area contributed by atoms with Gasteiger partial charge in [-0.25, -0.2) is 4.98 Å². The summed E-state index contributed by atoms with van der Waals surface area (Å²) < 4.78 is 4.15. The number of aliphatic hydroxyl groups excluding tert-OH is 1. The molecule has 0 aliphatic heterocycles. The van der Waals surface area contributed by atoms with Gasteiger partial charge in [0.15, 0.2) is 5.16 Å². The number of aromatic nitrogens is 5. The molecule has 1 aromatic carbocycles. The molecule has 1 N–H and O–H groups in total. The van der Waals surface area contributed by atoms with E-state index in [2.05, 4.69) is 45.7 Å². The molecule has 1 fully saturated rings. The molecule has 1 unspecified atom stereocenters. The van der Waals surface area contributed by atoms with Gasteiger partial charge in [0.25, 0.3) is 0 Å². The molecule has 1 saturated carbocycles. The first-order chi connectivity index (χ1) is 11.6. The fourth-order valence-electron chi connectivity index (χ4n) is 2.85. The summed E-state index contributed by atoms with van der Waals surface area (Å²) in [5, 5.41) is 19.5. The van der Waals surface area contributed by atoms with Crippen LogP contribution in [0.4, 0.5) is 0 Å². The number of fused-ring (bicyclic) bond motifs is 1. The van der Waals surface area contributed by atoms with Gasteiger partial charge in [-0.1, -0.05) is 11.8 Å². The second-order valence-electron chi connectivity index (χ2n) is 6.54. The number of benzene rings is 1. The van der Waals surface area contributed by atoms with Crippen molar-refractivity contribution in [2.24, 2.45) is 0 Å². The first-order valence-corrected chi connectivity index (χ1v) is 9.23. The minimum absolute atomic E-state index is 0.460. The predicted molar refractivity (Wildman–Crippen MR) is 94.2 cm³/mol. The highest BCUT2D eigenvalue weighted by Crippen LogP contribution is 2.37. The van der Waals surface area contributed by atoms with E-state index in [-0.39, 0.29) is 0 Å². The summed E-state index contributed by atoms with van der Waals surface area (Å²) in [5.74, 6) is 0.593. The van der Waals surface area contributed by atoms with Crippen LogP contribution < -0.4 is 0 Å². The molecular formula is C17H21N5OS. The molecule has 0 spiro atoms. The number of rotatable bonds is 6. The second-order valence-corrected chi connectivity index (χ2v) is 7.53. The van der Waals surface area contributed by atoms with Gasteiger partial charge in [-0.3, -0.25) is 0 Å². The van der Waals surface area contributed by atoms with Gasteiger partial charge < -0.3 is 14.2 Å². The lowest BCUT2D eigenvalue weighted by Crippen LogP contribution is -2.18. The minimum Gasteiger partial charge on any atom is -0.390 e. The number of hydrogen-bond donors (Lipinski definition) is 1. The molecule has 3 aromatic rings. The Balaban J connectivity index is 1.43. The molecule has 0 amide bonds. The fourth-order valence-corrected chi connectivity index (χ4v) is 3.74. The molecule has 1 aliphatic rings. The standard InChI is InChI=1S/C17H21N5OS/c1-11-5-15-16(6-12(11)2)21(9-18-15)7-14(23)8-24-17-20-19-10-22(17)13-3-4-13/h5-6,9-10,13-14,23H,3-4,7-8H2,1-2H3. The van der Waals surface area contributed by atoms with Crippen molar-refractivity contribution in [3.63, 3.8) is 0 Å². The molecule has 0 radical (unpaired) electrons. The Morgan fingerprint density at radius 2 is 2.04 bits per heavy atom. The molecule has 6 nitrogen and oxygen atoms in total. The topological polar surface area (TPSA) is 68.8 Å². The van der Waals surface area contributed by atoms with Crippen molar-refractivity contribution in [3.8, 4) is 0 Å². The van der Waals surface area contributed by atoms with E-state index in [1.165, 1.54) is 24.0 Å². The summed E-state index contributed by atoms with van der Waals surface area (Å²) in [6, 6.07) is 4.80. The molecule has 0 bridgehead atoms. The summed E-state index contributed by atoms with van der Waals surface area (Å²) in [7, 11) is 0. The van der Waals surface area contributed by atoms with Gasteiger partial charge in [0.1, 0.15) is 6.33 Å². The number of nitrogens with zero attached hydrogens (tertiary/aromatic N) is 5. The highest BCUT2D eigenvalue weighted by Gasteiger charge is 2.26. The van der Waals surface area contributed by atoms with Crippen LogP contribution >= 0.6 is 11.8 Å². The van der Waals surface area contributed by atoms with E-state index >= 15 is 0 Å². The van der Waals surface area contributed by atoms with Crippen LogP contribution in [0.15, 0.2) is 29.9 Å². The molecule has 7 heteroatoms. The van der Waals surface area contributed by atoms with E-state index in [4.69, 9.17) is 0 Å². The van der Waals surface area contributed by atoms with Crippen LogP contribution in [0.1, 0.15) is 30.0 Å². The summed E-state index contributed by atoms with van der Waals surface area (Å²) in [4.78, 5) is 4.45. The van der Waals surface area contributed by atoms with Gasteiger partial charge in [0, 0.05) is 11.8 Å². The SMILES string of the molecule is Cc1cc2ncn(CC(O)CSc3nncn3C3CC3)c2cc1C. The highest BCUT2D eigenvalue weighted by atomic mass is 32.2. The predicted octanol–water partition coefficient (Wildman–Crippen LogP) is 2.73. The van der Waals surface area contributed by atoms with Crippen molar-refractivity contribution in [2.75, 3.05) is 5.75 Å². The maximum absolute atomic E-state index is 10.4. The smallest absolute Gasteiger partial charge is 0.191 e. The lowest BCUT2D eigenvalue weighted by atomic mass is 10.1. The number of aryl methyl sites for hydroxylation is 2. The Morgan fingerprint density at radius 1 is 1.25 bits per heavy atom. The number of aliphatic hydroxyl groups is 1. The van der Waals surface area contributed by atoms with Crippen molar-refractivity contribution in [1.82, 2.24) is 24.3 Å². The Kier molecular flexibility index (Phi) is 4.05. The molecule has 1 atom stereocenters. The highest BCUT2D eigenvalue weighted by molar-refractivity contribution is 7.99. The van der Waals surface area contributed by atoms with Crippen molar-refractivity contribution < 1.29 is 5.11 Å².